The Morgan fingerprint density at radius 3 is 2.50 bits per heavy atom. The second kappa shape index (κ2) is 5.83. The Hall–Kier alpha value is -2.30. The first-order valence-electron chi connectivity index (χ1n) is 6.30. The number of nitrogens with zero attached hydrogens (tertiary/aromatic N) is 1. The molecule has 0 saturated heterocycles. The van der Waals surface area contributed by atoms with Gasteiger partial charge in [-0.25, -0.2) is 9.78 Å². The smallest absolute Gasteiger partial charge is 0.362 e. The van der Waals surface area contributed by atoms with Crippen molar-refractivity contribution in [3.05, 3.63) is 74.2 Å². The largest absolute Gasteiger partial charge is 0.507 e. The molecule has 3 aromatic rings. The lowest BCUT2D eigenvalue weighted by Crippen LogP contribution is -2.06. The van der Waals surface area contributed by atoms with Gasteiger partial charge in [0.25, 0.3) is 0 Å². The van der Waals surface area contributed by atoms with Crippen LogP contribution in [0.3, 0.4) is 0 Å². The van der Waals surface area contributed by atoms with Crippen LogP contribution in [0, 0.1) is 0 Å². The van der Waals surface area contributed by atoms with E-state index in [2.05, 4.69) is 4.98 Å². The fourth-order valence-electron chi connectivity index (χ4n) is 1.92. The highest BCUT2D eigenvalue weighted by atomic mass is 35.5. The molecule has 110 valence electrons. The molecule has 0 atom stereocenters. The van der Waals surface area contributed by atoms with Crippen LogP contribution in [0.5, 0.6) is 0 Å². The van der Waals surface area contributed by atoms with Crippen molar-refractivity contribution in [1.29, 1.82) is 0 Å². The summed E-state index contributed by atoms with van der Waals surface area (Å²) in [5, 5.41) is 11.1. The molecule has 0 bridgehead atoms. The SMILES string of the molecule is O=c1oc2ccc(Cl)cc2nc1/C=C(\O)c1ccc(Cl)cc1. The summed E-state index contributed by atoms with van der Waals surface area (Å²) in [6, 6.07) is 11.3. The van der Waals surface area contributed by atoms with Crippen LogP contribution in [0.25, 0.3) is 22.9 Å². The molecule has 1 aromatic heterocycles. The zero-order valence-electron chi connectivity index (χ0n) is 11.1. The van der Waals surface area contributed by atoms with Crippen LogP contribution in [0.15, 0.2) is 51.7 Å². The van der Waals surface area contributed by atoms with E-state index in [0.29, 0.717) is 26.7 Å². The van der Waals surface area contributed by atoms with E-state index < -0.39 is 5.63 Å². The quantitative estimate of drug-likeness (QED) is 0.698. The molecule has 0 aliphatic rings. The summed E-state index contributed by atoms with van der Waals surface area (Å²) in [6.45, 7) is 0. The third kappa shape index (κ3) is 2.98. The van der Waals surface area contributed by atoms with Crippen LogP contribution in [-0.2, 0) is 0 Å². The number of rotatable bonds is 2. The third-order valence-corrected chi connectivity index (χ3v) is 3.47. The van der Waals surface area contributed by atoms with Crippen molar-refractivity contribution >= 4 is 46.1 Å². The molecule has 0 aliphatic carbocycles. The van der Waals surface area contributed by atoms with Crippen LogP contribution in [0.1, 0.15) is 11.3 Å². The van der Waals surface area contributed by atoms with Crippen molar-refractivity contribution < 1.29 is 9.52 Å². The molecule has 1 heterocycles. The van der Waals surface area contributed by atoms with Crippen molar-refractivity contribution in [2.75, 3.05) is 0 Å². The van der Waals surface area contributed by atoms with Gasteiger partial charge in [0.15, 0.2) is 11.3 Å². The van der Waals surface area contributed by atoms with E-state index in [1.165, 1.54) is 6.08 Å². The summed E-state index contributed by atoms with van der Waals surface area (Å²) in [5.74, 6) is -0.113. The van der Waals surface area contributed by atoms with Gasteiger partial charge in [0.1, 0.15) is 11.3 Å². The van der Waals surface area contributed by atoms with Gasteiger partial charge < -0.3 is 9.52 Å². The normalized spacial score (nSPS) is 11.8. The van der Waals surface area contributed by atoms with E-state index in [0.717, 1.165) is 0 Å². The fraction of sp³-hybridized carbons (Fsp3) is 0. The molecule has 6 heteroatoms. The Morgan fingerprint density at radius 2 is 1.77 bits per heavy atom. The van der Waals surface area contributed by atoms with Gasteiger partial charge in [0, 0.05) is 21.7 Å². The van der Waals surface area contributed by atoms with Crippen molar-refractivity contribution in [3.63, 3.8) is 0 Å². The molecule has 1 N–H and O–H groups in total. The van der Waals surface area contributed by atoms with Crippen molar-refractivity contribution in [1.82, 2.24) is 4.98 Å². The van der Waals surface area contributed by atoms with Crippen molar-refractivity contribution in [2.45, 2.75) is 0 Å². The summed E-state index contributed by atoms with van der Waals surface area (Å²) >= 11 is 11.7. The van der Waals surface area contributed by atoms with E-state index in [9.17, 15) is 9.90 Å². The summed E-state index contributed by atoms with van der Waals surface area (Å²) in [4.78, 5) is 16.1. The van der Waals surface area contributed by atoms with Crippen LogP contribution in [-0.4, -0.2) is 10.1 Å². The summed E-state index contributed by atoms with van der Waals surface area (Å²) in [5.41, 5.74) is 0.620. The molecule has 0 unspecified atom stereocenters. The van der Waals surface area contributed by atoms with E-state index in [1.807, 2.05) is 0 Å². The van der Waals surface area contributed by atoms with E-state index in [1.54, 1.807) is 42.5 Å². The molecule has 3 rings (SSSR count). The lowest BCUT2D eigenvalue weighted by atomic mass is 10.1. The van der Waals surface area contributed by atoms with Gasteiger partial charge in [0.2, 0.25) is 0 Å². The summed E-state index contributed by atoms with van der Waals surface area (Å²) in [7, 11) is 0. The summed E-state index contributed by atoms with van der Waals surface area (Å²) in [6.07, 6.45) is 1.25. The fourth-order valence-corrected chi connectivity index (χ4v) is 2.21. The predicted molar refractivity (Wildman–Crippen MR) is 87.2 cm³/mol. The van der Waals surface area contributed by atoms with E-state index >= 15 is 0 Å². The number of aliphatic hydroxyl groups is 1. The Labute approximate surface area is 135 Å². The van der Waals surface area contributed by atoms with Crippen LogP contribution >= 0.6 is 23.2 Å². The molecule has 0 aliphatic heterocycles. The lowest BCUT2D eigenvalue weighted by Gasteiger charge is -2.01. The molecular formula is C16H9Cl2NO3. The number of halogens is 2. The van der Waals surface area contributed by atoms with Crippen LogP contribution in [0.4, 0.5) is 0 Å². The highest BCUT2D eigenvalue weighted by Crippen LogP contribution is 2.19. The number of hydrogen-bond acceptors (Lipinski definition) is 4. The molecule has 22 heavy (non-hydrogen) atoms. The van der Waals surface area contributed by atoms with Gasteiger partial charge in [-0.1, -0.05) is 23.2 Å². The van der Waals surface area contributed by atoms with Gasteiger partial charge in [0.05, 0.1) is 0 Å². The topological polar surface area (TPSA) is 63.3 Å². The number of aliphatic hydroxyl groups excluding tert-OH is 1. The van der Waals surface area contributed by atoms with Gasteiger partial charge in [-0.3, -0.25) is 0 Å². The standard InChI is InChI=1S/C16H9Cl2NO3/c17-10-3-1-9(2-4-10)14(20)8-13-16(21)22-15-6-5-11(18)7-12(15)19-13/h1-8,20H/b14-8-. The van der Waals surface area contributed by atoms with Crippen molar-refractivity contribution in [3.8, 4) is 0 Å². The first kappa shape index (κ1) is 14.6. The molecule has 0 amide bonds. The van der Waals surface area contributed by atoms with Gasteiger partial charge in [-0.15, -0.1) is 0 Å². The zero-order valence-corrected chi connectivity index (χ0v) is 12.6. The molecule has 0 saturated carbocycles. The Kier molecular flexibility index (Phi) is 3.88. The molecular weight excluding hydrogens is 325 g/mol. The molecule has 0 spiro atoms. The maximum Gasteiger partial charge on any atom is 0.362 e. The molecule has 0 fully saturated rings. The average molecular weight is 334 g/mol. The number of aromatic nitrogens is 1. The zero-order chi connectivity index (χ0) is 15.7. The highest BCUT2D eigenvalue weighted by Gasteiger charge is 2.08. The lowest BCUT2D eigenvalue weighted by molar-refractivity contribution is 0.514. The number of hydrogen-bond donors (Lipinski definition) is 1. The molecule has 2 aromatic carbocycles. The molecule has 0 radical (unpaired) electrons. The predicted octanol–water partition coefficient (Wildman–Crippen LogP) is 4.55. The Balaban J connectivity index is 2.09. The minimum atomic E-state index is -0.643. The van der Waals surface area contributed by atoms with Crippen LogP contribution < -0.4 is 5.63 Å². The Bertz CT molecular complexity index is 930. The first-order valence-corrected chi connectivity index (χ1v) is 7.05. The second-order valence-electron chi connectivity index (χ2n) is 4.54. The minimum Gasteiger partial charge on any atom is -0.507 e. The van der Waals surface area contributed by atoms with E-state index in [-0.39, 0.29) is 11.5 Å². The molecule has 4 nitrogen and oxygen atoms in total. The monoisotopic (exact) mass is 333 g/mol. The average Bonchev–Trinajstić information content (AvgIpc) is 2.49. The number of fused-ring (bicyclic) bond motifs is 1. The summed E-state index contributed by atoms with van der Waals surface area (Å²) < 4.78 is 5.15. The van der Waals surface area contributed by atoms with Crippen LogP contribution in [0.2, 0.25) is 10.0 Å². The Morgan fingerprint density at radius 1 is 1.09 bits per heavy atom. The van der Waals surface area contributed by atoms with Gasteiger partial charge >= 0.3 is 5.63 Å². The van der Waals surface area contributed by atoms with Crippen molar-refractivity contribution in [2.24, 2.45) is 0 Å². The number of benzene rings is 2. The van der Waals surface area contributed by atoms with Gasteiger partial charge in [-0.2, -0.15) is 0 Å². The maximum absolute atomic E-state index is 11.9. The first-order chi connectivity index (χ1) is 10.5. The highest BCUT2D eigenvalue weighted by molar-refractivity contribution is 6.31. The van der Waals surface area contributed by atoms with Gasteiger partial charge in [-0.05, 0) is 42.5 Å². The third-order valence-electron chi connectivity index (χ3n) is 2.99. The van der Waals surface area contributed by atoms with E-state index in [4.69, 9.17) is 27.6 Å². The maximum atomic E-state index is 11.9. The second-order valence-corrected chi connectivity index (χ2v) is 5.41. The minimum absolute atomic E-state index is 0.0118.